The standard InChI is InChI=1S/C29H30N2O8/c1-3-36-28(32)22(29(33)37-4-2)12-6-5-9-15-38-25-17-20-11-8-7-10-19(20)16-23(25)27-30-24-14-13-21(31(34)35)18-26(24)39-27/h7-8,10-11,13-14,16-18,22H,3-6,9,12,15H2,1-2H3. The van der Waals surface area contributed by atoms with Crippen molar-refractivity contribution in [3.05, 3.63) is 64.7 Å². The maximum absolute atomic E-state index is 12.2. The van der Waals surface area contributed by atoms with E-state index in [2.05, 4.69) is 4.98 Å². The number of carbonyl (C=O) groups is 2. The fourth-order valence-corrected chi connectivity index (χ4v) is 4.28. The molecule has 0 amide bonds. The largest absolute Gasteiger partial charge is 0.493 e. The van der Waals surface area contributed by atoms with Crippen LogP contribution in [0.25, 0.3) is 33.3 Å². The Kier molecular flexibility index (Phi) is 9.09. The van der Waals surface area contributed by atoms with Crippen LogP contribution >= 0.6 is 0 Å². The van der Waals surface area contributed by atoms with Gasteiger partial charge in [0.25, 0.3) is 5.69 Å². The summed E-state index contributed by atoms with van der Waals surface area (Å²) in [6, 6.07) is 16.0. The first-order valence-electron chi connectivity index (χ1n) is 13.0. The normalized spacial score (nSPS) is 11.2. The van der Waals surface area contributed by atoms with Crippen molar-refractivity contribution in [2.24, 2.45) is 5.92 Å². The zero-order chi connectivity index (χ0) is 27.8. The van der Waals surface area contributed by atoms with Crippen LogP contribution in [0.4, 0.5) is 5.69 Å². The van der Waals surface area contributed by atoms with Crippen LogP contribution in [0.15, 0.2) is 59.0 Å². The lowest BCUT2D eigenvalue weighted by Crippen LogP contribution is -2.28. The molecule has 0 atom stereocenters. The summed E-state index contributed by atoms with van der Waals surface area (Å²) < 4.78 is 22.1. The average molecular weight is 535 g/mol. The maximum atomic E-state index is 12.2. The van der Waals surface area contributed by atoms with Crippen molar-refractivity contribution in [1.29, 1.82) is 0 Å². The number of oxazole rings is 1. The van der Waals surface area contributed by atoms with Crippen LogP contribution in [0.2, 0.25) is 0 Å². The Morgan fingerprint density at radius 3 is 2.31 bits per heavy atom. The second-order valence-corrected chi connectivity index (χ2v) is 8.88. The van der Waals surface area contributed by atoms with Gasteiger partial charge in [-0.1, -0.05) is 37.1 Å². The van der Waals surface area contributed by atoms with Gasteiger partial charge in [0.1, 0.15) is 11.3 Å². The molecule has 0 saturated heterocycles. The third-order valence-electron chi connectivity index (χ3n) is 6.20. The minimum Gasteiger partial charge on any atom is -0.493 e. The van der Waals surface area contributed by atoms with E-state index in [4.69, 9.17) is 18.6 Å². The van der Waals surface area contributed by atoms with E-state index in [0.717, 1.165) is 17.2 Å². The molecule has 4 aromatic rings. The summed E-state index contributed by atoms with van der Waals surface area (Å²) in [5.74, 6) is -1.16. The Labute approximate surface area is 225 Å². The fraction of sp³-hybridized carbons (Fsp3) is 0.345. The first kappa shape index (κ1) is 27.6. The molecule has 0 radical (unpaired) electrons. The number of esters is 2. The number of rotatable bonds is 13. The van der Waals surface area contributed by atoms with Gasteiger partial charge in [-0.15, -0.1) is 0 Å². The highest BCUT2D eigenvalue weighted by Crippen LogP contribution is 2.36. The van der Waals surface area contributed by atoms with Crippen molar-refractivity contribution in [2.75, 3.05) is 19.8 Å². The van der Waals surface area contributed by atoms with Gasteiger partial charge in [-0.05, 0) is 55.7 Å². The van der Waals surface area contributed by atoms with Crippen molar-refractivity contribution < 1.29 is 33.1 Å². The number of aromatic nitrogens is 1. The number of carbonyl (C=O) groups excluding carboxylic acids is 2. The number of unbranched alkanes of at least 4 members (excludes halogenated alkanes) is 2. The molecule has 0 fully saturated rings. The molecule has 0 saturated carbocycles. The Balaban J connectivity index is 1.45. The highest BCUT2D eigenvalue weighted by atomic mass is 16.6. The van der Waals surface area contributed by atoms with Gasteiger partial charge < -0.3 is 18.6 Å². The Morgan fingerprint density at radius 1 is 0.949 bits per heavy atom. The zero-order valence-electron chi connectivity index (χ0n) is 21.9. The van der Waals surface area contributed by atoms with Crippen LogP contribution in [0, 0.1) is 16.0 Å². The summed E-state index contributed by atoms with van der Waals surface area (Å²) in [5, 5.41) is 13.1. The molecule has 10 nitrogen and oxygen atoms in total. The second kappa shape index (κ2) is 12.9. The number of benzene rings is 3. The summed E-state index contributed by atoms with van der Waals surface area (Å²) in [5.41, 5.74) is 1.38. The van der Waals surface area contributed by atoms with Gasteiger partial charge in [0.15, 0.2) is 11.5 Å². The van der Waals surface area contributed by atoms with Gasteiger partial charge in [-0.3, -0.25) is 19.7 Å². The van der Waals surface area contributed by atoms with Crippen molar-refractivity contribution in [2.45, 2.75) is 39.5 Å². The molecule has 0 unspecified atom stereocenters. The maximum Gasteiger partial charge on any atom is 0.320 e. The van der Waals surface area contributed by atoms with Crippen LogP contribution in [0.5, 0.6) is 5.75 Å². The molecule has 1 aromatic heterocycles. The number of hydrogen-bond donors (Lipinski definition) is 0. The smallest absolute Gasteiger partial charge is 0.320 e. The van der Waals surface area contributed by atoms with Gasteiger partial charge in [-0.2, -0.15) is 0 Å². The molecule has 0 bridgehead atoms. The van der Waals surface area contributed by atoms with Crippen molar-refractivity contribution in [3.63, 3.8) is 0 Å². The van der Waals surface area contributed by atoms with E-state index in [1.165, 1.54) is 12.1 Å². The molecule has 204 valence electrons. The first-order chi connectivity index (χ1) is 18.9. The Morgan fingerprint density at radius 2 is 1.64 bits per heavy atom. The van der Waals surface area contributed by atoms with Crippen LogP contribution in [-0.2, 0) is 19.1 Å². The van der Waals surface area contributed by atoms with Gasteiger partial charge in [0.2, 0.25) is 5.89 Å². The SMILES string of the molecule is CCOC(=O)C(CCCCCOc1cc2ccccc2cc1-c1nc2ccc([N+](=O)[O-])cc2o1)C(=O)OCC. The number of nitrogens with zero attached hydrogens (tertiary/aromatic N) is 2. The molecule has 0 aliphatic heterocycles. The molecule has 0 aliphatic rings. The summed E-state index contributed by atoms with van der Waals surface area (Å²) >= 11 is 0. The lowest BCUT2D eigenvalue weighted by molar-refractivity contribution is -0.384. The number of nitro groups is 1. The monoisotopic (exact) mass is 534 g/mol. The predicted octanol–water partition coefficient (Wildman–Crippen LogP) is 6.24. The number of fused-ring (bicyclic) bond motifs is 2. The fourth-order valence-electron chi connectivity index (χ4n) is 4.28. The van der Waals surface area contributed by atoms with Crippen molar-refractivity contribution >= 4 is 39.5 Å². The molecular weight excluding hydrogens is 504 g/mol. The predicted molar refractivity (Wildman–Crippen MR) is 144 cm³/mol. The summed E-state index contributed by atoms with van der Waals surface area (Å²) in [6.07, 6.45) is 2.38. The molecule has 1 heterocycles. The molecule has 0 spiro atoms. The van der Waals surface area contributed by atoms with E-state index >= 15 is 0 Å². The Bertz CT molecular complexity index is 1460. The van der Waals surface area contributed by atoms with Gasteiger partial charge in [0.05, 0.1) is 36.4 Å². The van der Waals surface area contributed by atoms with E-state index in [1.807, 2.05) is 36.4 Å². The van der Waals surface area contributed by atoms with Crippen molar-refractivity contribution in [3.8, 4) is 17.2 Å². The number of ether oxygens (including phenoxy) is 3. The molecule has 0 aliphatic carbocycles. The van der Waals surface area contributed by atoms with Crippen LogP contribution in [0.1, 0.15) is 39.5 Å². The van der Waals surface area contributed by atoms with Crippen molar-refractivity contribution in [1.82, 2.24) is 4.98 Å². The topological polar surface area (TPSA) is 131 Å². The molecule has 10 heteroatoms. The van der Waals surface area contributed by atoms with Gasteiger partial charge >= 0.3 is 11.9 Å². The molecule has 39 heavy (non-hydrogen) atoms. The van der Waals surface area contributed by atoms with E-state index in [-0.39, 0.29) is 18.9 Å². The minimum absolute atomic E-state index is 0.0756. The third-order valence-corrected chi connectivity index (χ3v) is 6.20. The minimum atomic E-state index is -0.923. The quantitative estimate of drug-likeness (QED) is 0.0643. The summed E-state index contributed by atoms with van der Waals surface area (Å²) in [7, 11) is 0. The molecule has 3 aromatic carbocycles. The van der Waals surface area contributed by atoms with Gasteiger partial charge in [0, 0.05) is 6.07 Å². The van der Waals surface area contributed by atoms with Crippen LogP contribution < -0.4 is 4.74 Å². The van der Waals surface area contributed by atoms with E-state index < -0.39 is 22.8 Å². The van der Waals surface area contributed by atoms with E-state index in [1.54, 1.807) is 19.9 Å². The summed E-state index contributed by atoms with van der Waals surface area (Å²) in [4.78, 5) is 39.5. The molecule has 4 rings (SSSR count). The zero-order valence-corrected chi connectivity index (χ0v) is 21.9. The lowest BCUT2D eigenvalue weighted by atomic mass is 10.0. The molecule has 0 N–H and O–H groups in total. The highest BCUT2D eigenvalue weighted by Gasteiger charge is 2.28. The molecular formula is C29H30N2O8. The number of hydrogen-bond acceptors (Lipinski definition) is 9. The highest BCUT2D eigenvalue weighted by molar-refractivity contribution is 5.95. The second-order valence-electron chi connectivity index (χ2n) is 8.88. The van der Waals surface area contributed by atoms with Gasteiger partial charge in [-0.25, -0.2) is 4.98 Å². The van der Waals surface area contributed by atoms with Crippen LogP contribution in [0.3, 0.4) is 0 Å². The van der Waals surface area contributed by atoms with Crippen LogP contribution in [-0.4, -0.2) is 41.7 Å². The van der Waals surface area contributed by atoms with E-state index in [0.29, 0.717) is 54.2 Å². The third kappa shape index (κ3) is 6.70. The Hall–Kier alpha value is -4.47. The first-order valence-corrected chi connectivity index (χ1v) is 13.0. The number of non-ortho nitro benzene ring substituents is 1. The summed E-state index contributed by atoms with van der Waals surface area (Å²) in [6.45, 7) is 4.19. The number of nitro benzene ring substituents is 1. The lowest BCUT2D eigenvalue weighted by Gasteiger charge is -2.14. The average Bonchev–Trinajstić information content (AvgIpc) is 3.35. The van der Waals surface area contributed by atoms with E-state index in [9.17, 15) is 19.7 Å².